The van der Waals surface area contributed by atoms with Gasteiger partial charge in [-0.2, -0.15) is 0 Å². The number of imidazole rings is 1. The van der Waals surface area contributed by atoms with Gasteiger partial charge >= 0.3 is 0 Å². The second-order valence-electron chi connectivity index (χ2n) is 5.26. The van der Waals surface area contributed by atoms with Crippen LogP contribution < -0.4 is 16.4 Å². The van der Waals surface area contributed by atoms with E-state index in [9.17, 15) is 9.59 Å². The molecule has 25 heavy (non-hydrogen) atoms. The monoisotopic (exact) mass is 342 g/mol. The molecule has 130 valence electrons. The maximum absolute atomic E-state index is 12.6. The summed E-state index contributed by atoms with van der Waals surface area (Å²) < 4.78 is 6.78. The second-order valence-corrected chi connectivity index (χ2v) is 5.26. The summed E-state index contributed by atoms with van der Waals surface area (Å²) in [5.74, 6) is -0.558. The molecular weight excluding hydrogens is 324 g/mol. The molecule has 0 aliphatic carbocycles. The standard InChI is InChI=1S/C16H18N6O3/c1-2-18-5-6-19-16(24)11-8-10(12-4-3-7-25-12)21-15-13(14(17)23)20-9-22(11)15/h3-4,7-9,18H,2,5-6H2,1H3,(H2,17,23)(H,19,24). The Balaban J connectivity index is 2.03. The number of rotatable bonds is 7. The Hall–Kier alpha value is -3.20. The number of hydrogen-bond donors (Lipinski definition) is 3. The van der Waals surface area contributed by atoms with Gasteiger partial charge in [0.25, 0.3) is 11.8 Å². The van der Waals surface area contributed by atoms with Crippen molar-refractivity contribution in [1.82, 2.24) is 25.0 Å². The number of nitrogens with two attached hydrogens (primary N) is 1. The first-order valence-electron chi connectivity index (χ1n) is 7.82. The van der Waals surface area contributed by atoms with Gasteiger partial charge in [-0.1, -0.05) is 6.92 Å². The van der Waals surface area contributed by atoms with Gasteiger partial charge in [-0.3, -0.25) is 14.0 Å². The predicted molar refractivity (Wildman–Crippen MR) is 90.1 cm³/mol. The fourth-order valence-electron chi connectivity index (χ4n) is 2.40. The molecule has 9 nitrogen and oxygen atoms in total. The summed E-state index contributed by atoms with van der Waals surface area (Å²) in [6.45, 7) is 3.92. The topological polar surface area (TPSA) is 128 Å². The highest BCUT2D eigenvalue weighted by Gasteiger charge is 2.20. The summed E-state index contributed by atoms with van der Waals surface area (Å²) in [6.07, 6.45) is 2.86. The van der Waals surface area contributed by atoms with Crippen molar-refractivity contribution >= 4 is 17.5 Å². The van der Waals surface area contributed by atoms with Gasteiger partial charge in [-0.15, -0.1) is 0 Å². The maximum atomic E-state index is 12.6. The first-order valence-corrected chi connectivity index (χ1v) is 7.82. The van der Waals surface area contributed by atoms with E-state index in [2.05, 4.69) is 20.6 Å². The average Bonchev–Trinajstić information content (AvgIpc) is 3.26. The number of likely N-dealkylation sites (N-methyl/N-ethyl adjacent to an activating group) is 1. The van der Waals surface area contributed by atoms with Crippen molar-refractivity contribution < 1.29 is 14.0 Å². The van der Waals surface area contributed by atoms with Crippen molar-refractivity contribution in [3.8, 4) is 11.5 Å². The van der Waals surface area contributed by atoms with Gasteiger partial charge in [0.2, 0.25) is 0 Å². The predicted octanol–water partition coefficient (Wildman–Crippen LogP) is 0.427. The van der Waals surface area contributed by atoms with E-state index in [0.29, 0.717) is 24.5 Å². The van der Waals surface area contributed by atoms with Gasteiger partial charge < -0.3 is 20.8 Å². The molecule has 0 unspecified atom stereocenters. The maximum Gasteiger partial charge on any atom is 0.271 e. The Morgan fingerprint density at radius 3 is 2.88 bits per heavy atom. The minimum absolute atomic E-state index is 0.00453. The molecule has 9 heteroatoms. The quantitative estimate of drug-likeness (QED) is 0.534. The average molecular weight is 342 g/mol. The molecule has 0 saturated carbocycles. The molecule has 4 N–H and O–H groups in total. The lowest BCUT2D eigenvalue weighted by Crippen LogP contribution is -2.32. The van der Waals surface area contributed by atoms with Gasteiger partial charge in [0, 0.05) is 13.1 Å². The first-order chi connectivity index (χ1) is 12.1. The number of nitrogens with one attached hydrogen (secondary N) is 2. The van der Waals surface area contributed by atoms with Crippen LogP contribution >= 0.6 is 0 Å². The third-order valence-electron chi connectivity index (χ3n) is 3.58. The number of furan rings is 1. The summed E-state index contributed by atoms with van der Waals surface area (Å²) in [5.41, 5.74) is 6.25. The molecule has 0 bridgehead atoms. The number of aromatic nitrogens is 3. The van der Waals surface area contributed by atoms with Gasteiger partial charge in [-0.05, 0) is 24.7 Å². The van der Waals surface area contributed by atoms with Gasteiger partial charge in [0.1, 0.15) is 17.7 Å². The van der Waals surface area contributed by atoms with E-state index in [1.54, 1.807) is 18.2 Å². The van der Waals surface area contributed by atoms with E-state index >= 15 is 0 Å². The fraction of sp³-hybridized carbons (Fsp3) is 0.250. The zero-order valence-corrected chi connectivity index (χ0v) is 13.7. The Labute approximate surface area is 143 Å². The lowest BCUT2D eigenvalue weighted by molar-refractivity contribution is 0.0945. The minimum Gasteiger partial charge on any atom is -0.463 e. The van der Waals surface area contributed by atoms with Crippen LogP contribution in [0.4, 0.5) is 0 Å². The Kier molecular flexibility index (Phi) is 4.75. The van der Waals surface area contributed by atoms with Gasteiger partial charge in [-0.25, -0.2) is 9.97 Å². The number of hydrogen-bond acceptors (Lipinski definition) is 6. The van der Waals surface area contributed by atoms with Gasteiger partial charge in [0.15, 0.2) is 17.1 Å². The normalized spacial score (nSPS) is 10.9. The van der Waals surface area contributed by atoms with Crippen LogP contribution in [0.25, 0.3) is 17.1 Å². The van der Waals surface area contributed by atoms with E-state index in [-0.39, 0.29) is 22.9 Å². The molecule has 3 heterocycles. The van der Waals surface area contributed by atoms with Crippen LogP contribution in [-0.4, -0.2) is 45.8 Å². The fourth-order valence-corrected chi connectivity index (χ4v) is 2.40. The van der Waals surface area contributed by atoms with E-state index < -0.39 is 5.91 Å². The molecule has 0 aromatic carbocycles. The van der Waals surface area contributed by atoms with Crippen LogP contribution in [0.5, 0.6) is 0 Å². The molecule has 3 rings (SSSR count). The zero-order valence-electron chi connectivity index (χ0n) is 13.7. The summed E-state index contributed by atoms with van der Waals surface area (Å²) in [6, 6.07) is 5.01. The summed E-state index contributed by atoms with van der Waals surface area (Å²) in [7, 11) is 0. The molecule has 3 aromatic rings. The number of amides is 2. The first kappa shape index (κ1) is 16.7. The van der Waals surface area contributed by atoms with Crippen LogP contribution in [0.3, 0.4) is 0 Å². The third kappa shape index (κ3) is 3.36. The third-order valence-corrected chi connectivity index (χ3v) is 3.58. The molecule has 0 aliphatic rings. The van der Waals surface area contributed by atoms with Gasteiger partial charge in [0.05, 0.1) is 6.26 Å². The smallest absolute Gasteiger partial charge is 0.271 e. The van der Waals surface area contributed by atoms with E-state index in [0.717, 1.165) is 6.54 Å². The number of fused-ring (bicyclic) bond motifs is 1. The largest absolute Gasteiger partial charge is 0.463 e. The number of nitrogens with zero attached hydrogens (tertiary/aromatic N) is 3. The SMILES string of the molecule is CCNCCNC(=O)c1cc(-c2ccco2)nc2c(C(N)=O)ncn12. The van der Waals surface area contributed by atoms with Crippen molar-refractivity contribution in [3.63, 3.8) is 0 Å². The van der Waals surface area contributed by atoms with Crippen LogP contribution in [0.15, 0.2) is 35.2 Å². The van der Waals surface area contributed by atoms with Crippen molar-refractivity contribution in [2.45, 2.75) is 6.92 Å². The van der Waals surface area contributed by atoms with Crippen LogP contribution in [0, 0.1) is 0 Å². The zero-order chi connectivity index (χ0) is 17.8. The molecule has 0 atom stereocenters. The molecule has 0 fully saturated rings. The molecule has 0 aliphatic heterocycles. The minimum atomic E-state index is -0.718. The molecule has 0 radical (unpaired) electrons. The summed E-state index contributed by atoms with van der Waals surface area (Å²) in [5, 5.41) is 5.93. The number of primary amides is 1. The number of carbonyl (C=O) groups excluding carboxylic acids is 2. The van der Waals surface area contributed by atoms with Crippen molar-refractivity contribution in [2.75, 3.05) is 19.6 Å². The summed E-state index contributed by atoms with van der Waals surface area (Å²) >= 11 is 0. The Bertz CT molecular complexity index is 900. The molecule has 2 amide bonds. The Morgan fingerprint density at radius 1 is 1.36 bits per heavy atom. The lowest BCUT2D eigenvalue weighted by atomic mass is 10.2. The van der Waals surface area contributed by atoms with Crippen molar-refractivity contribution in [1.29, 1.82) is 0 Å². The van der Waals surface area contributed by atoms with E-state index in [1.807, 2.05) is 6.92 Å². The highest BCUT2D eigenvalue weighted by molar-refractivity contribution is 5.99. The Morgan fingerprint density at radius 2 is 2.20 bits per heavy atom. The molecular formula is C16H18N6O3. The summed E-state index contributed by atoms with van der Waals surface area (Å²) in [4.78, 5) is 32.5. The van der Waals surface area contributed by atoms with E-state index in [4.69, 9.17) is 10.2 Å². The molecule has 0 saturated heterocycles. The molecule has 3 aromatic heterocycles. The van der Waals surface area contributed by atoms with E-state index in [1.165, 1.54) is 17.0 Å². The lowest BCUT2D eigenvalue weighted by Gasteiger charge is -2.09. The highest BCUT2D eigenvalue weighted by atomic mass is 16.3. The van der Waals surface area contributed by atoms with Crippen LogP contribution in [0.2, 0.25) is 0 Å². The van der Waals surface area contributed by atoms with Crippen molar-refractivity contribution in [2.24, 2.45) is 5.73 Å². The second kappa shape index (κ2) is 7.14. The van der Waals surface area contributed by atoms with Crippen molar-refractivity contribution in [3.05, 3.63) is 42.2 Å². The molecule has 0 spiro atoms. The van der Waals surface area contributed by atoms with Crippen LogP contribution in [0.1, 0.15) is 27.9 Å². The number of carbonyl (C=O) groups is 2. The van der Waals surface area contributed by atoms with Crippen LogP contribution in [-0.2, 0) is 0 Å². The highest BCUT2D eigenvalue weighted by Crippen LogP contribution is 2.21.